The summed E-state index contributed by atoms with van der Waals surface area (Å²) in [7, 11) is 1.49. The third kappa shape index (κ3) is 1.92. The maximum absolute atomic E-state index is 11.9. The number of hydrogen-bond donors (Lipinski definition) is 0. The van der Waals surface area contributed by atoms with Gasteiger partial charge in [0.1, 0.15) is 5.56 Å². The molecule has 1 saturated heterocycles. The van der Waals surface area contributed by atoms with Gasteiger partial charge in [0.15, 0.2) is 0 Å². The van der Waals surface area contributed by atoms with Crippen LogP contribution < -0.4 is 4.74 Å². The van der Waals surface area contributed by atoms with Crippen molar-refractivity contribution in [3.63, 3.8) is 0 Å². The first kappa shape index (κ1) is 9.92. The molecule has 1 aromatic rings. The Hall–Kier alpha value is -1.62. The van der Waals surface area contributed by atoms with E-state index in [0.29, 0.717) is 24.6 Å². The highest BCUT2D eigenvalue weighted by atomic mass is 16.7. The molecule has 0 saturated carbocycles. The number of pyridine rings is 1. The van der Waals surface area contributed by atoms with Gasteiger partial charge in [-0.2, -0.15) is 0 Å². The Bertz CT molecular complexity index is 361. The number of hydroxylamine groups is 2. The fourth-order valence-electron chi connectivity index (χ4n) is 1.46. The Labute approximate surface area is 87.6 Å². The predicted octanol–water partition coefficient (Wildman–Crippen LogP) is 0.868. The van der Waals surface area contributed by atoms with Crippen molar-refractivity contribution in [2.24, 2.45) is 0 Å². The summed E-state index contributed by atoms with van der Waals surface area (Å²) in [5.74, 6) is 0.135. The normalized spacial score (nSPS) is 15.4. The lowest BCUT2D eigenvalue weighted by atomic mass is 10.2. The monoisotopic (exact) mass is 208 g/mol. The Balaban J connectivity index is 2.24. The lowest BCUT2D eigenvalue weighted by molar-refractivity contribution is -0.0770. The van der Waals surface area contributed by atoms with Crippen LogP contribution in [0.5, 0.6) is 5.88 Å². The fraction of sp³-hybridized carbons (Fsp3) is 0.400. The van der Waals surface area contributed by atoms with Crippen LogP contribution in [0.15, 0.2) is 18.3 Å². The molecule has 0 N–H and O–H groups in total. The van der Waals surface area contributed by atoms with Gasteiger partial charge in [0.25, 0.3) is 5.91 Å². The molecule has 0 atom stereocenters. The number of carbonyl (C=O) groups excluding carboxylic acids is 1. The third-order valence-corrected chi connectivity index (χ3v) is 2.17. The lowest BCUT2D eigenvalue weighted by Crippen LogP contribution is -2.27. The van der Waals surface area contributed by atoms with E-state index in [1.165, 1.54) is 12.2 Å². The summed E-state index contributed by atoms with van der Waals surface area (Å²) >= 11 is 0. The summed E-state index contributed by atoms with van der Waals surface area (Å²) in [4.78, 5) is 21.0. The summed E-state index contributed by atoms with van der Waals surface area (Å²) in [5.41, 5.74) is 0.432. The van der Waals surface area contributed by atoms with Crippen LogP contribution in [0.1, 0.15) is 16.8 Å². The molecule has 0 aromatic carbocycles. The average Bonchev–Trinajstić information content (AvgIpc) is 2.81. The second-order valence-electron chi connectivity index (χ2n) is 3.15. The van der Waals surface area contributed by atoms with Gasteiger partial charge in [0.2, 0.25) is 5.88 Å². The van der Waals surface area contributed by atoms with Crippen LogP contribution in [-0.4, -0.2) is 36.2 Å². The molecular formula is C10H12N2O3. The van der Waals surface area contributed by atoms with Gasteiger partial charge in [-0.15, -0.1) is 0 Å². The van der Waals surface area contributed by atoms with Crippen LogP contribution >= 0.6 is 0 Å². The molecule has 0 unspecified atom stereocenters. The molecule has 0 bridgehead atoms. The van der Waals surface area contributed by atoms with Crippen LogP contribution in [-0.2, 0) is 4.84 Å². The van der Waals surface area contributed by atoms with E-state index >= 15 is 0 Å². The highest BCUT2D eigenvalue weighted by Gasteiger charge is 2.23. The van der Waals surface area contributed by atoms with Gasteiger partial charge < -0.3 is 4.74 Å². The second-order valence-corrected chi connectivity index (χ2v) is 3.15. The number of nitrogens with zero attached hydrogens (tertiary/aromatic N) is 2. The molecule has 15 heavy (non-hydrogen) atoms. The minimum atomic E-state index is -0.197. The van der Waals surface area contributed by atoms with Crippen LogP contribution in [0.2, 0.25) is 0 Å². The molecule has 5 nitrogen and oxygen atoms in total. The van der Waals surface area contributed by atoms with Crippen molar-refractivity contribution in [1.29, 1.82) is 0 Å². The van der Waals surface area contributed by atoms with Gasteiger partial charge >= 0.3 is 0 Å². The second kappa shape index (κ2) is 4.27. The van der Waals surface area contributed by atoms with E-state index in [4.69, 9.17) is 9.57 Å². The number of methoxy groups -OCH3 is 1. The molecule has 80 valence electrons. The summed E-state index contributed by atoms with van der Waals surface area (Å²) < 4.78 is 5.01. The highest BCUT2D eigenvalue weighted by Crippen LogP contribution is 2.18. The molecule has 2 heterocycles. The topological polar surface area (TPSA) is 51.7 Å². The van der Waals surface area contributed by atoms with Gasteiger partial charge in [0.05, 0.1) is 20.3 Å². The standard InChI is InChI=1S/C10H12N2O3/c1-14-9-8(4-2-5-11-9)10(13)12-6-3-7-15-12/h2,4-5H,3,6-7H2,1H3. The van der Waals surface area contributed by atoms with E-state index in [1.54, 1.807) is 18.3 Å². The molecular weight excluding hydrogens is 196 g/mol. The van der Waals surface area contributed by atoms with Crippen LogP contribution in [0, 0.1) is 0 Å². The van der Waals surface area contributed by atoms with Crippen LogP contribution in [0.4, 0.5) is 0 Å². The van der Waals surface area contributed by atoms with Crippen molar-refractivity contribution in [3.8, 4) is 5.88 Å². The Morgan fingerprint density at radius 3 is 3.20 bits per heavy atom. The molecule has 2 rings (SSSR count). The van der Waals surface area contributed by atoms with Crippen molar-refractivity contribution < 1.29 is 14.4 Å². The first-order valence-corrected chi connectivity index (χ1v) is 4.76. The van der Waals surface area contributed by atoms with Gasteiger partial charge in [-0.1, -0.05) is 0 Å². The maximum Gasteiger partial charge on any atom is 0.282 e. The first-order chi connectivity index (χ1) is 7.33. The van der Waals surface area contributed by atoms with Crippen molar-refractivity contribution in [3.05, 3.63) is 23.9 Å². The zero-order valence-corrected chi connectivity index (χ0v) is 8.47. The Morgan fingerprint density at radius 2 is 2.53 bits per heavy atom. The van der Waals surface area contributed by atoms with E-state index in [9.17, 15) is 4.79 Å². The van der Waals surface area contributed by atoms with Gasteiger partial charge in [-0.3, -0.25) is 9.63 Å². The predicted molar refractivity (Wildman–Crippen MR) is 52.4 cm³/mol. The van der Waals surface area contributed by atoms with Crippen molar-refractivity contribution in [2.45, 2.75) is 6.42 Å². The molecule has 1 amide bonds. The molecule has 0 radical (unpaired) electrons. The SMILES string of the molecule is COc1ncccc1C(=O)N1CCCO1. The lowest BCUT2D eigenvalue weighted by Gasteiger charge is -2.14. The Morgan fingerprint density at radius 1 is 1.67 bits per heavy atom. The van der Waals surface area contributed by atoms with Gasteiger partial charge in [0, 0.05) is 6.20 Å². The van der Waals surface area contributed by atoms with E-state index in [0.717, 1.165) is 6.42 Å². The molecule has 1 aliphatic rings. The summed E-state index contributed by atoms with van der Waals surface area (Å²) in [6, 6.07) is 3.38. The van der Waals surface area contributed by atoms with Crippen molar-refractivity contribution >= 4 is 5.91 Å². The fourth-order valence-corrected chi connectivity index (χ4v) is 1.46. The zero-order valence-electron chi connectivity index (χ0n) is 8.47. The minimum absolute atomic E-state index is 0.197. The third-order valence-electron chi connectivity index (χ3n) is 2.17. The highest BCUT2D eigenvalue weighted by molar-refractivity contribution is 5.95. The van der Waals surface area contributed by atoms with E-state index < -0.39 is 0 Å². The quantitative estimate of drug-likeness (QED) is 0.723. The summed E-state index contributed by atoms with van der Waals surface area (Å²) in [6.45, 7) is 1.21. The zero-order chi connectivity index (χ0) is 10.7. The van der Waals surface area contributed by atoms with Crippen LogP contribution in [0.3, 0.4) is 0 Å². The number of carbonyl (C=O) groups is 1. The summed E-state index contributed by atoms with van der Waals surface area (Å²) in [5, 5.41) is 1.35. The molecule has 0 spiro atoms. The van der Waals surface area contributed by atoms with Crippen molar-refractivity contribution in [1.82, 2.24) is 10.0 Å². The molecule has 1 aliphatic heterocycles. The molecule has 1 fully saturated rings. The number of hydrogen-bond acceptors (Lipinski definition) is 4. The Kier molecular flexibility index (Phi) is 2.82. The number of ether oxygens (including phenoxy) is 1. The first-order valence-electron chi connectivity index (χ1n) is 4.76. The molecule has 0 aliphatic carbocycles. The number of aromatic nitrogens is 1. The van der Waals surface area contributed by atoms with Gasteiger partial charge in [-0.05, 0) is 18.6 Å². The number of rotatable bonds is 2. The molecule has 1 aromatic heterocycles. The summed E-state index contributed by atoms with van der Waals surface area (Å²) in [6.07, 6.45) is 2.45. The van der Waals surface area contributed by atoms with E-state index in [2.05, 4.69) is 4.98 Å². The van der Waals surface area contributed by atoms with Crippen molar-refractivity contribution in [2.75, 3.05) is 20.3 Å². The van der Waals surface area contributed by atoms with E-state index in [-0.39, 0.29) is 5.91 Å². The number of amides is 1. The maximum atomic E-state index is 11.9. The smallest absolute Gasteiger partial charge is 0.282 e. The average molecular weight is 208 g/mol. The molecule has 5 heteroatoms. The van der Waals surface area contributed by atoms with Crippen LogP contribution in [0.25, 0.3) is 0 Å². The van der Waals surface area contributed by atoms with E-state index in [1.807, 2.05) is 0 Å². The van der Waals surface area contributed by atoms with Gasteiger partial charge in [-0.25, -0.2) is 10.0 Å². The minimum Gasteiger partial charge on any atom is -0.480 e. The largest absolute Gasteiger partial charge is 0.480 e.